The third-order valence-electron chi connectivity index (χ3n) is 5.77. The Bertz CT molecular complexity index is 418. The van der Waals surface area contributed by atoms with Crippen LogP contribution in [0.25, 0.3) is 0 Å². The molecule has 2 saturated heterocycles. The highest BCUT2D eigenvalue weighted by molar-refractivity contribution is 5.91. The van der Waals surface area contributed by atoms with Crippen molar-refractivity contribution in [3.63, 3.8) is 0 Å². The second-order valence-electron chi connectivity index (χ2n) is 7.43. The maximum absolute atomic E-state index is 12.8. The molecule has 2 unspecified atom stereocenters. The highest BCUT2D eigenvalue weighted by atomic mass is 16.5. The highest BCUT2D eigenvalue weighted by Gasteiger charge is 2.60. The number of morpholine rings is 1. The van der Waals surface area contributed by atoms with Crippen molar-refractivity contribution in [2.45, 2.75) is 56.3 Å². The van der Waals surface area contributed by atoms with E-state index >= 15 is 0 Å². The van der Waals surface area contributed by atoms with Crippen LogP contribution < -0.4 is 5.32 Å². The minimum atomic E-state index is -0.187. The molecular formula is C16H27N3O2. The summed E-state index contributed by atoms with van der Waals surface area (Å²) in [7, 11) is 2.14. The number of amides is 1. The first kappa shape index (κ1) is 14.0. The summed E-state index contributed by atoms with van der Waals surface area (Å²) < 4.78 is 5.89. The van der Waals surface area contributed by atoms with E-state index in [4.69, 9.17) is 4.74 Å². The van der Waals surface area contributed by atoms with Gasteiger partial charge in [-0.1, -0.05) is 12.8 Å². The quantitative estimate of drug-likeness (QED) is 0.836. The van der Waals surface area contributed by atoms with Crippen molar-refractivity contribution >= 4 is 5.91 Å². The van der Waals surface area contributed by atoms with Crippen molar-refractivity contribution in [1.82, 2.24) is 15.1 Å². The molecule has 21 heavy (non-hydrogen) atoms. The SMILES string of the molecule is CN1CCOC(CN2C(=O)C3(CC3)NC2C2CCCC2)C1. The molecule has 118 valence electrons. The summed E-state index contributed by atoms with van der Waals surface area (Å²) in [6.07, 6.45) is 7.66. The lowest BCUT2D eigenvalue weighted by Crippen LogP contribution is -2.50. The average molecular weight is 293 g/mol. The van der Waals surface area contributed by atoms with Crippen LogP contribution in [0.5, 0.6) is 0 Å². The molecule has 4 fully saturated rings. The van der Waals surface area contributed by atoms with Crippen LogP contribution >= 0.6 is 0 Å². The number of hydrogen-bond acceptors (Lipinski definition) is 4. The smallest absolute Gasteiger partial charge is 0.244 e. The fraction of sp³-hybridized carbons (Fsp3) is 0.938. The van der Waals surface area contributed by atoms with Crippen LogP contribution in [-0.4, -0.2) is 66.8 Å². The molecule has 2 heterocycles. The summed E-state index contributed by atoms with van der Waals surface area (Å²) in [5.74, 6) is 0.992. The van der Waals surface area contributed by atoms with Crippen LogP contribution in [0.2, 0.25) is 0 Å². The molecule has 1 N–H and O–H groups in total. The molecule has 0 aromatic heterocycles. The Morgan fingerprint density at radius 1 is 1.33 bits per heavy atom. The largest absolute Gasteiger partial charge is 0.374 e. The molecule has 2 aliphatic heterocycles. The van der Waals surface area contributed by atoms with E-state index in [-0.39, 0.29) is 17.8 Å². The zero-order valence-corrected chi connectivity index (χ0v) is 13.0. The lowest BCUT2D eigenvalue weighted by atomic mass is 10.0. The van der Waals surface area contributed by atoms with E-state index in [2.05, 4.69) is 22.2 Å². The number of nitrogens with zero attached hydrogens (tertiary/aromatic N) is 2. The number of carbonyl (C=O) groups is 1. The predicted molar refractivity (Wildman–Crippen MR) is 79.8 cm³/mol. The fourth-order valence-electron chi connectivity index (χ4n) is 4.35. The molecule has 2 saturated carbocycles. The van der Waals surface area contributed by atoms with Gasteiger partial charge in [-0.3, -0.25) is 10.1 Å². The Kier molecular flexibility index (Phi) is 3.47. The van der Waals surface area contributed by atoms with Crippen molar-refractivity contribution in [2.75, 3.05) is 33.3 Å². The Balaban J connectivity index is 1.48. The minimum absolute atomic E-state index is 0.173. The summed E-state index contributed by atoms with van der Waals surface area (Å²) in [5.41, 5.74) is -0.187. The molecule has 0 aromatic carbocycles. The van der Waals surface area contributed by atoms with Crippen LogP contribution in [0.3, 0.4) is 0 Å². The lowest BCUT2D eigenvalue weighted by molar-refractivity contribution is -0.134. The van der Waals surface area contributed by atoms with Gasteiger partial charge < -0.3 is 14.5 Å². The van der Waals surface area contributed by atoms with Crippen LogP contribution in [0.4, 0.5) is 0 Å². The van der Waals surface area contributed by atoms with Gasteiger partial charge in [0.25, 0.3) is 0 Å². The molecule has 2 aliphatic carbocycles. The van der Waals surface area contributed by atoms with Gasteiger partial charge in [0.1, 0.15) is 0 Å². The maximum Gasteiger partial charge on any atom is 0.244 e. The molecule has 2 atom stereocenters. The normalized spacial score (nSPS) is 36.8. The number of carbonyl (C=O) groups excluding carboxylic acids is 1. The van der Waals surface area contributed by atoms with Crippen LogP contribution in [0.1, 0.15) is 38.5 Å². The molecule has 4 rings (SSSR count). The summed E-state index contributed by atoms with van der Waals surface area (Å²) >= 11 is 0. The van der Waals surface area contributed by atoms with Gasteiger partial charge >= 0.3 is 0 Å². The first-order chi connectivity index (χ1) is 10.2. The van der Waals surface area contributed by atoms with E-state index in [9.17, 15) is 4.79 Å². The first-order valence-corrected chi connectivity index (χ1v) is 8.57. The molecule has 4 aliphatic rings. The minimum Gasteiger partial charge on any atom is -0.374 e. The van der Waals surface area contributed by atoms with Crippen molar-refractivity contribution in [3.05, 3.63) is 0 Å². The zero-order valence-electron chi connectivity index (χ0n) is 13.0. The molecule has 0 aromatic rings. The zero-order chi connectivity index (χ0) is 14.4. The number of hydrogen-bond donors (Lipinski definition) is 1. The van der Waals surface area contributed by atoms with E-state index in [0.29, 0.717) is 11.8 Å². The number of ether oxygens (including phenoxy) is 1. The maximum atomic E-state index is 12.8. The highest BCUT2D eigenvalue weighted by Crippen LogP contribution is 2.45. The monoisotopic (exact) mass is 293 g/mol. The van der Waals surface area contributed by atoms with Gasteiger partial charge in [0.15, 0.2) is 0 Å². The first-order valence-electron chi connectivity index (χ1n) is 8.57. The molecule has 0 radical (unpaired) electrons. The number of nitrogens with one attached hydrogen (secondary N) is 1. The molecule has 1 amide bonds. The van der Waals surface area contributed by atoms with Gasteiger partial charge in [0, 0.05) is 19.6 Å². The summed E-state index contributed by atoms with van der Waals surface area (Å²) in [5, 5.41) is 3.69. The number of likely N-dealkylation sites (N-methyl/N-ethyl adjacent to an activating group) is 1. The molecular weight excluding hydrogens is 266 g/mol. The topological polar surface area (TPSA) is 44.8 Å². The van der Waals surface area contributed by atoms with Crippen LogP contribution in [-0.2, 0) is 9.53 Å². The van der Waals surface area contributed by atoms with Crippen molar-refractivity contribution in [3.8, 4) is 0 Å². The van der Waals surface area contributed by atoms with E-state index in [1.54, 1.807) is 0 Å². The third-order valence-corrected chi connectivity index (χ3v) is 5.77. The standard InChI is InChI=1S/C16H27N3O2/c1-18-8-9-21-13(10-18)11-19-14(12-4-2-3-5-12)17-16(6-7-16)15(19)20/h12-14,17H,2-11H2,1H3. The Hall–Kier alpha value is -0.650. The molecule has 0 bridgehead atoms. The van der Waals surface area contributed by atoms with E-state index in [0.717, 1.165) is 39.1 Å². The molecule has 5 heteroatoms. The Morgan fingerprint density at radius 3 is 2.76 bits per heavy atom. The second kappa shape index (κ2) is 5.21. The molecule has 5 nitrogen and oxygen atoms in total. The molecule has 1 spiro atoms. The summed E-state index contributed by atoms with van der Waals surface area (Å²) in [4.78, 5) is 17.2. The van der Waals surface area contributed by atoms with Crippen molar-refractivity contribution < 1.29 is 9.53 Å². The van der Waals surface area contributed by atoms with Gasteiger partial charge in [0.2, 0.25) is 5.91 Å². The lowest BCUT2D eigenvalue weighted by Gasteiger charge is -2.36. The van der Waals surface area contributed by atoms with E-state index in [1.807, 2.05) is 0 Å². The van der Waals surface area contributed by atoms with Crippen LogP contribution in [0.15, 0.2) is 0 Å². The second-order valence-corrected chi connectivity index (χ2v) is 7.43. The predicted octanol–water partition coefficient (Wildman–Crippen LogP) is 0.798. The Morgan fingerprint density at radius 2 is 2.10 bits per heavy atom. The van der Waals surface area contributed by atoms with E-state index < -0.39 is 0 Å². The summed E-state index contributed by atoms with van der Waals surface area (Å²) in [6.45, 7) is 3.49. The fourth-order valence-corrected chi connectivity index (χ4v) is 4.35. The van der Waals surface area contributed by atoms with Gasteiger partial charge in [-0.2, -0.15) is 0 Å². The van der Waals surface area contributed by atoms with Crippen molar-refractivity contribution in [2.24, 2.45) is 5.92 Å². The summed E-state index contributed by atoms with van der Waals surface area (Å²) in [6, 6.07) is 0. The van der Waals surface area contributed by atoms with Gasteiger partial charge in [0.05, 0.1) is 24.4 Å². The van der Waals surface area contributed by atoms with E-state index in [1.165, 1.54) is 25.7 Å². The van der Waals surface area contributed by atoms with Crippen molar-refractivity contribution in [1.29, 1.82) is 0 Å². The van der Waals surface area contributed by atoms with Gasteiger partial charge in [-0.25, -0.2) is 0 Å². The Labute approximate surface area is 127 Å². The average Bonchev–Trinajstić information content (AvgIpc) is 2.95. The third kappa shape index (κ3) is 2.49. The number of rotatable bonds is 3. The van der Waals surface area contributed by atoms with Gasteiger partial charge in [-0.05, 0) is 38.6 Å². The van der Waals surface area contributed by atoms with Gasteiger partial charge in [-0.15, -0.1) is 0 Å². The van der Waals surface area contributed by atoms with Crippen LogP contribution in [0, 0.1) is 5.92 Å².